The van der Waals surface area contributed by atoms with Gasteiger partial charge in [-0.15, -0.1) is 0 Å². The van der Waals surface area contributed by atoms with Crippen molar-refractivity contribution < 1.29 is 8.78 Å². The Hall–Kier alpha value is -0.290. The summed E-state index contributed by atoms with van der Waals surface area (Å²) in [4.78, 5) is 0. The molecule has 1 saturated heterocycles. The van der Waals surface area contributed by atoms with E-state index in [4.69, 9.17) is 0 Å². The van der Waals surface area contributed by atoms with Crippen molar-refractivity contribution in [1.82, 2.24) is 0 Å². The minimum atomic E-state index is -0.572. The Balaban J connectivity index is 2.12. The normalized spacial score (nSPS) is 24.8. The molecular weight excluding hydrogens is 296 g/mol. The number of benzene rings is 1. The predicted octanol–water partition coefficient (Wildman–Crippen LogP) is 4.03. The smallest absolute Gasteiger partial charge is 0.149 e. The van der Waals surface area contributed by atoms with E-state index in [9.17, 15) is 8.78 Å². The summed E-state index contributed by atoms with van der Waals surface area (Å²) in [6.07, 6.45) is 1.01. The van der Waals surface area contributed by atoms with Gasteiger partial charge in [-0.2, -0.15) is 11.8 Å². The molecule has 1 aliphatic heterocycles. The van der Waals surface area contributed by atoms with Crippen molar-refractivity contribution in [1.29, 1.82) is 0 Å². The van der Waals surface area contributed by atoms with Crippen molar-refractivity contribution >= 4 is 33.4 Å². The minimum absolute atomic E-state index is 0.270. The molecule has 1 nitrogen and oxygen atoms in total. The zero-order valence-electron chi connectivity index (χ0n) is 8.77. The third kappa shape index (κ3) is 2.69. The van der Waals surface area contributed by atoms with Crippen LogP contribution in [0.2, 0.25) is 0 Å². The molecule has 1 fully saturated rings. The summed E-state index contributed by atoms with van der Waals surface area (Å²) in [5.74, 6) is -0.141. The summed E-state index contributed by atoms with van der Waals surface area (Å²) in [6.45, 7) is 2.16. The Kier molecular flexibility index (Phi) is 3.74. The second-order valence-corrected chi connectivity index (χ2v) is 6.29. The van der Waals surface area contributed by atoms with Gasteiger partial charge in [0, 0.05) is 23.1 Å². The number of rotatable bonds is 2. The molecular formula is C11H12BrF2NS. The van der Waals surface area contributed by atoms with E-state index in [0.717, 1.165) is 18.2 Å². The predicted molar refractivity (Wildman–Crippen MR) is 68.0 cm³/mol. The molecule has 2 atom stereocenters. The van der Waals surface area contributed by atoms with E-state index in [2.05, 4.69) is 28.2 Å². The molecule has 1 aromatic rings. The van der Waals surface area contributed by atoms with Crippen LogP contribution in [0.15, 0.2) is 16.6 Å². The van der Waals surface area contributed by atoms with Crippen LogP contribution in [-0.4, -0.2) is 17.0 Å². The second kappa shape index (κ2) is 4.92. The van der Waals surface area contributed by atoms with Crippen LogP contribution in [-0.2, 0) is 0 Å². The maximum absolute atomic E-state index is 13.5. The van der Waals surface area contributed by atoms with Gasteiger partial charge in [-0.1, -0.05) is 6.92 Å². The Labute approximate surface area is 106 Å². The van der Waals surface area contributed by atoms with Gasteiger partial charge in [-0.25, -0.2) is 8.78 Å². The third-order valence-electron chi connectivity index (χ3n) is 2.57. The lowest BCUT2D eigenvalue weighted by atomic mass is 10.2. The molecule has 1 aromatic carbocycles. The minimum Gasteiger partial charge on any atom is -0.379 e. The van der Waals surface area contributed by atoms with Gasteiger partial charge in [0.1, 0.15) is 11.6 Å². The lowest BCUT2D eigenvalue weighted by Gasteiger charge is -2.14. The maximum Gasteiger partial charge on any atom is 0.149 e. The van der Waals surface area contributed by atoms with Crippen molar-refractivity contribution in [2.24, 2.45) is 0 Å². The second-order valence-electron chi connectivity index (χ2n) is 3.97. The van der Waals surface area contributed by atoms with Crippen LogP contribution in [0.3, 0.4) is 0 Å². The van der Waals surface area contributed by atoms with Crippen LogP contribution in [0, 0.1) is 11.6 Å². The number of thioether (sulfide) groups is 1. The summed E-state index contributed by atoms with van der Waals surface area (Å²) in [6, 6.07) is 2.63. The van der Waals surface area contributed by atoms with Crippen molar-refractivity contribution in [3.05, 3.63) is 28.2 Å². The molecule has 0 amide bonds. The highest BCUT2D eigenvalue weighted by atomic mass is 79.9. The zero-order valence-corrected chi connectivity index (χ0v) is 11.2. The molecule has 5 heteroatoms. The largest absolute Gasteiger partial charge is 0.379 e. The lowest BCUT2D eigenvalue weighted by molar-refractivity contribution is 0.578. The molecule has 0 aliphatic carbocycles. The number of nitrogens with one attached hydrogen (secondary N) is 1. The first-order valence-corrected chi connectivity index (χ1v) is 6.93. The fourth-order valence-electron chi connectivity index (χ4n) is 1.77. The number of hydrogen-bond donors (Lipinski definition) is 1. The molecule has 1 N–H and O–H groups in total. The van der Waals surface area contributed by atoms with Gasteiger partial charge in [0.2, 0.25) is 0 Å². The summed E-state index contributed by atoms with van der Waals surface area (Å²) in [5, 5.41) is 3.72. The third-order valence-corrected chi connectivity index (χ3v) is 4.53. The summed E-state index contributed by atoms with van der Waals surface area (Å²) in [5.41, 5.74) is 0.368. The number of anilines is 1. The van der Waals surface area contributed by atoms with Gasteiger partial charge in [-0.05, 0) is 28.4 Å². The quantitative estimate of drug-likeness (QED) is 0.828. The van der Waals surface area contributed by atoms with Crippen LogP contribution in [0.5, 0.6) is 0 Å². The Bertz CT molecular complexity index is 400. The molecule has 2 unspecified atom stereocenters. The molecule has 16 heavy (non-hydrogen) atoms. The van der Waals surface area contributed by atoms with Gasteiger partial charge in [0.05, 0.1) is 10.2 Å². The Morgan fingerprint density at radius 3 is 2.75 bits per heavy atom. The average molecular weight is 308 g/mol. The van der Waals surface area contributed by atoms with Crippen LogP contribution in [0.4, 0.5) is 14.5 Å². The summed E-state index contributed by atoms with van der Waals surface area (Å²) in [7, 11) is 0. The standard InChI is InChI=1S/C11H12BrF2NS/c1-6-2-7(5-16-6)15-11-3-8(12)9(13)4-10(11)14/h3-4,6-7,15H,2,5H2,1H3. The first-order chi connectivity index (χ1) is 7.56. The average Bonchev–Trinajstić information content (AvgIpc) is 2.60. The van der Waals surface area contributed by atoms with E-state index in [1.165, 1.54) is 6.07 Å². The SMILES string of the molecule is CC1CC(Nc2cc(Br)c(F)cc2F)CS1. The molecule has 2 rings (SSSR count). The molecule has 1 heterocycles. The number of halogens is 3. The van der Waals surface area contributed by atoms with Gasteiger partial charge in [0.15, 0.2) is 0 Å². The van der Waals surface area contributed by atoms with Crippen LogP contribution < -0.4 is 5.32 Å². The van der Waals surface area contributed by atoms with Crippen LogP contribution in [0.1, 0.15) is 13.3 Å². The monoisotopic (exact) mass is 307 g/mol. The van der Waals surface area contributed by atoms with Gasteiger partial charge < -0.3 is 5.32 Å². The molecule has 0 bridgehead atoms. The molecule has 0 radical (unpaired) electrons. The van der Waals surface area contributed by atoms with Crippen molar-refractivity contribution in [2.45, 2.75) is 24.6 Å². The molecule has 1 aliphatic rings. The zero-order chi connectivity index (χ0) is 11.7. The van der Waals surface area contributed by atoms with E-state index >= 15 is 0 Å². The van der Waals surface area contributed by atoms with Crippen LogP contribution in [0.25, 0.3) is 0 Å². The fourth-order valence-corrected chi connectivity index (χ4v) is 3.26. The van der Waals surface area contributed by atoms with Crippen molar-refractivity contribution in [3.63, 3.8) is 0 Å². The van der Waals surface area contributed by atoms with E-state index in [0.29, 0.717) is 10.9 Å². The highest BCUT2D eigenvalue weighted by Gasteiger charge is 2.22. The van der Waals surface area contributed by atoms with Crippen molar-refractivity contribution in [2.75, 3.05) is 11.1 Å². The molecule has 0 saturated carbocycles. The highest BCUT2D eigenvalue weighted by Crippen LogP contribution is 2.30. The van der Waals surface area contributed by atoms with Gasteiger partial charge >= 0.3 is 0 Å². The van der Waals surface area contributed by atoms with E-state index < -0.39 is 11.6 Å². The van der Waals surface area contributed by atoms with Gasteiger partial charge in [0.25, 0.3) is 0 Å². The number of hydrogen-bond acceptors (Lipinski definition) is 2. The summed E-state index contributed by atoms with van der Waals surface area (Å²) >= 11 is 4.92. The maximum atomic E-state index is 13.5. The van der Waals surface area contributed by atoms with Crippen molar-refractivity contribution in [3.8, 4) is 0 Å². The molecule has 0 aromatic heterocycles. The van der Waals surface area contributed by atoms with Crippen LogP contribution >= 0.6 is 27.7 Å². The first-order valence-electron chi connectivity index (χ1n) is 5.09. The Morgan fingerprint density at radius 2 is 2.12 bits per heavy atom. The summed E-state index contributed by atoms with van der Waals surface area (Å²) < 4.78 is 26.8. The molecule has 0 spiro atoms. The topological polar surface area (TPSA) is 12.0 Å². The Morgan fingerprint density at radius 1 is 1.38 bits per heavy atom. The fraction of sp³-hybridized carbons (Fsp3) is 0.455. The lowest BCUT2D eigenvalue weighted by Crippen LogP contribution is -2.19. The van der Waals surface area contributed by atoms with Gasteiger partial charge in [-0.3, -0.25) is 0 Å². The van der Waals surface area contributed by atoms with E-state index in [1.807, 2.05) is 11.8 Å². The molecule has 88 valence electrons. The van der Waals surface area contributed by atoms with E-state index in [-0.39, 0.29) is 10.5 Å². The first kappa shape index (κ1) is 12.2. The van der Waals surface area contributed by atoms with E-state index in [1.54, 1.807) is 0 Å². The highest BCUT2D eigenvalue weighted by molar-refractivity contribution is 9.10.